The molecule has 2 nitrogen and oxygen atoms in total. The van der Waals surface area contributed by atoms with Crippen molar-refractivity contribution in [2.24, 2.45) is 0 Å². The van der Waals surface area contributed by atoms with Crippen LogP contribution in [0.4, 0.5) is 8.78 Å². The van der Waals surface area contributed by atoms with Crippen LogP contribution in [0.5, 0.6) is 0 Å². The van der Waals surface area contributed by atoms with Gasteiger partial charge in [-0.1, -0.05) is 12.1 Å². The Labute approximate surface area is 106 Å². The van der Waals surface area contributed by atoms with Crippen molar-refractivity contribution in [2.75, 3.05) is 26.2 Å². The fraction of sp³-hybridized carbons (Fsp3) is 0.429. The van der Waals surface area contributed by atoms with E-state index in [4.69, 9.17) is 0 Å². The van der Waals surface area contributed by atoms with Gasteiger partial charge in [0, 0.05) is 37.8 Å². The van der Waals surface area contributed by atoms with E-state index in [1.54, 1.807) is 6.08 Å². The number of nitrogens with one attached hydrogen (secondary N) is 1. The molecule has 98 valence electrons. The van der Waals surface area contributed by atoms with Gasteiger partial charge >= 0.3 is 0 Å². The molecule has 0 spiro atoms. The second-order valence-corrected chi connectivity index (χ2v) is 4.46. The SMILES string of the molecule is C=CC[C@@H](c1c(F)cccc1F)N1CCNCC1. The van der Waals surface area contributed by atoms with Crippen LogP contribution in [0.15, 0.2) is 30.9 Å². The van der Waals surface area contributed by atoms with Crippen LogP contribution in [-0.4, -0.2) is 31.1 Å². The van der Waals surface area contributed by atoms with E-state index in [0.29, 0.717) is 6.42 Å². The quantitative estimate of drug-likeness (QED) is 0.828. The van der Waals surface area contributed by atoms with Gasteiger partial charge in [0.1, 0.15) is 11.6 Å². The van der Waals surface area contributed by atoms with Crippen molar-refractivity contribution >= 4 is 0 Å². The molecule has 2 rings (SSSR count). The molecule has 0 unspecified atom stereocenters. The molecule has 0 radical (unpaired) electrons. The maximum atomic E-state index is 13.9. The van der Waals surface area contributed by atoms with Crippen LogP contribution in [0.2, 0.25) is 0 Å². The normalized spacial score (nSPS) is 18.6. The van der Waals surface area contributed by atoms with Crippen LogP contribution in [0, 0.1) is 11.6 Å². The second-order valence-electron chi connectivity index (χ2n) is 4.46. The average molecular weight is 252 g/mol. The van der Waals surface area contributed by atoms with Gasteiger partial charge in [0.2, 0.25) is 0 Å². The standard InChI is InChI=1S/C14H18F2N2/c1-2-4-13(18-9-7-17-8-10-18)14-11(15)5-3-6-12(14)16/h2-3,5-6,13,17H,1,4,7-10H2/t13-/m0/s1. The van der Waals surface area contributed by atoms with E-state index >= 15 is 0 Å². The Morgan fingerprint density at radius 1 is 1.28 bits per heavy atom. The number of nitrogens with zero attached hydrogens (tertiary/aromatic N) is 1. The topological polar surface area (TPSA) is 15.3 Å². The van der Waals surface area contributed by atoms with E-state index in [2.05, 4.69) is 16.8 Å². The minimum atomic E-state index is -0.472. The molecule has 1 N–H and O–H groups in total. The largest absolute Gasteiger partial charge is 0.314 e. The number of rotatable bonds is 4. The van der Waals surface area contributed by atoms with Crippen molar-refractivity contribution < 1.29 is 8.78 Å². The molecule has 0 aromatic heterocycles. The first-order valence-electron chi connectivity index (χ1n) is 6.23. The van der Waals surface area contributed by atoms with Crippen LogP contribution in [-0.2, 0) is 0 Å². The lowest BCUT2D eigenvalue weighted by atomic mass is 10.00. The summed E-state index contributed by atoms with van der Waals surface area (Å²) >= 11 is 0. The van der Waals surface area contributed by atoms with E-state index < -0.39 is 11.6 Å². The molecule has 4 heteroatoms. The summed E-state index contributed by atoms with van der Waals surface area (Å²) in [6, 6.07) is 3.77. The molecule has 0 amide bonds. The van der Waals surface area contributed by atoms with Gasteiger partial charge in [0.15, 0.2) is 0 Å². The summed E-state index contributed by atoms with van der Waals surface area (Å²) in [4.78, 5) is 2.11. The molecule has 1 fully saturated rings. The Morgan fingerprint density at radius 3 is 2.44 bits per heavy atom. The third-order valence-corrected chi connectivity index (χ3v) is 3.32. The summed E-state index contributed by atoms with van der Waals surface area (Å²) in [7, 11) is 0. The van der Waals surface area contributed by atoms with Crippen molar-refractivity contribution in [3.8, 4) is 0 Å². The minimum Gasteiger partial charge on any atom is -0.314 e. The third kappa shape index (κ3) is 2.76. The summed E-state index contributed by atoms with van der Waals surface area (Å²) in [5.41, 5.74) is 0.166. The predicted octanol–water partition coefficient (Wildman–Crippen LogP) is 2.49. The van der Waals surface area contributed by atoms with Crippen molar-refractivity contribution in [3.63, 3.8) is 0 Å². The van der Waals surface area contributed by atoms with Gasteiger partial charge in [0.25, 0.3) is 0 Å². The molecular formula is C14H18F2N2. The number of halogens is 2. The van der Waals surface area contributed by atoms with E-state index in [-0.39, 0.29) is 11.6 Å². The van der Waals surface area contributed by atoms with Crippen LogP contribution >= 0.6 is 0 Å². The zero-order valence-corrected chi connectivity index (χ0v) is 10.3. The first-order valence-corrected chi connectivity index (χ1v) is 6.23. The second kappa shape index (κ2) is 6.07. The Bertz CT molecular complexity index is 394. The predicted molar refractivity (Wildman–Crippen MR) is 68.4 cm³/mol. The number of hydrogen-bond acceptors (Lipinski definition) is 2. The Hall–Kier alpha value is -1.26. The molecule has 1 aliphatic rings. The maximum Gasteiger partial charge on any atom is 0.130 e. The van der Waals surface area contributed by atoms with Gasteiger partial charge in [-0.2, -0.15) is 0 Å². The molecule has 1 aromatic rings. The molecule has 1 heterocycles. The van der Waals surface area contributed by atoms with Crippen LogP contribution < -0.4 is 5.32 Å². The van der Waals surface area contributed by atoms with Crippen LogP contribution in [0.1, 0.15) is 18.0 Å². The smallest absolute Gasteiger partial charge is 0.130 e. The van der Waals surface area contributed by atoms with Crippen LogP contribution in [0.25, 0.3) is 0 Å². The third-order valence-electron chi connectivity index (χ3n) is 3.32. The monoisotopic (exact) mass is 252 g/mol. The molecule has 0 saturated carbocycles. The molecule has 1 atom stereocenters. The first kappa shape index (κ1) is 13.2. The highest BCUT2D eigenvalue weighted by Crippen LogP contribution is 2.29. The van der Waals surface area contributed by atoms with E-state index in [0.717, 1.165) is 26.2 Å². The molecular weight excluding hydrogens is 234 g/mol. The van der Waals surface area contributed by atoms with E-state index in [9.17, 15) is 8.78 Å². The molecule has 0 bridgehead atoms. The zero-order chi connectivity index (χ0) is 13.0. The Balaban J connectivity index is 2.30. The van der Waals surface area contributed by atoms with Crippen molar-refractivity contribution in [3.05, 3.63) is 48.1 Å². The average Bonchev–Trinajstić information content (AvgIpc) is 2.38. The molecule has 1 saturated heterocycles. The summed E-state index contributed by atoms with van der Waals surface area (Å²) < 4.78 is 27.7. The summed E-state index contributed by atoms with van der Waals surface area (Å²) in [5.74, 6) is -0.944. The first-order chi connectivity index (χ1) is 8.74. The lowest BCUT2D eigenvalue weighted by Gasteiger charge is -2.35. The number of benzene rings is 1. The van der Waals surface area contributed by atoms with Gasteiger partial charge < -0.3 is 5.32 Å². The zero-order valence-electron chi connectivity index (χ0n) is 10.3. The number of hydrogen-bond donors (Lipinski definition) is 1. The Kier molecular flexibility index (Phi) is 4.44. The van der Waals surface area contributed by atoms with Gasteiger partial charge in [-0.05, 0) is 18.6 Å². The Morgan fingerprint density at radius 2 is 1.89 bits per heavy atom. The van der Waals surface area contributed by atoms with Crippen molar-refractivity contribution in [1.29, 1.82) is 0 Å². The molecule has 0 aliphatic carbocycles. The minimum absolute atomic E-state index is 0.166. The summed E-state index contributed by atoms with van der Waals surface area (Å²) in [6.45, 7) is 6.99. The van der Waals surface area contributed by atoms with E-state index in [1.165, 1.54) is 18.2 Å². The molecule has 1 aromatic carbocycles. The lowest BCUT2D eigenvalue weighted by molar-refractivity contribution is 0.168. The van der Waals surface area contributed by atoms with Crippen LogP contribution in [0.3, 0.4) is 0 Å². The fourth-order valence-corrected chi connectivity index (χ4v) is 2.43. The summed E-state index contributed by atoms with van der Waals surface area (Å²) in [6.07, 6.45) is 2.27. The molecule has 1 aliphatic heterocycles. The molecule has 18 heavy (non-hydrogen) atoms. The highest BCUT2D eigenvalue weighted by molar-refractivity contribution is 5.24. The fourth-order valence-electron chi connectivity index (χ4n) is 2.43. The van der Waals surface area contributed by atoms with Gasteiger partial charge in [-0.25, -0.2) is 8.78 Å². The maximum absolute atomic E-state index is 13.9. The highest BCUT2D eigenvalue weighted by atomic mass is 19.1. The van der Waals surface area contributed by atoms with E-state index in [1.807, 2.05) is 0 Å². The highest BCUT2D eigenvalue weighted by Gasteiger charge is 2.26. The summed E-state index contributed by atoms with van der Waals surface area (Å²) in [5, 5.41) is 3.24. The lowest BCUT2D eigenvalue weighted by Crippen LogP contribution is -2.45. The number of piperazine rings is 1. The van der Waals surface area contributed by atoms with Gasteiger partial charge in [0.05, 0.1) is 0 Å². The van der Waals surface area contributed by atoms with Gasteiger partial charge in [-0.3, -0.25) is 4.90 Å². The van der Waals surface area contributed by atoms with Gasteiger partial charge in [-0.15, -0.1) is 6.58 Å². The van der Waals surface area contributed by atoms with Crippen molar-refractivity contribution in [2.45, 2.75) is 12.5 Å². The van der Waals surface area contributed by atoms with Crippen molar-refractivity contribution in [1.82, 2.24) is 10.2 Å².